The van der Waals surface area contributed by atoms with Crippen molar-refractivity contribution < 1.29 is 14.6 Å². The number of aliphatic hydroxyl groups excluding tert-OH is 1. The average Bonchev–Trinajstić information content (AvgIpc) is 2.40. The molecule has 1 aliphatic rings. The number of ether oxygens (including phenoxy) is 2. The van der Waals surface area contributed by atoms with Crippen molar-refractivity contribution in [2.75, 3.05) is 32.2 Å². The Labute approximate surface area is 102 Å². The molecule has 1 aromatic carbocycles. The Hall–Kier alpha value is -1.26. The molecular weight excluding hydrogens is 218 g/mol. The summed E-state index contributed by atoms with van der Waals surface area (Å²) in [5, 5.41) is 13.0. The minimum Gasteiger partial charge on any atom is -0.495 e. The summed E-state index contributed by atoms with van der Waals surface area (Å²) in [7, 11) is 1.65. The minimum absolute atomic E-state index is 0.106. The Balaban J connectivity index is 2.17. The zero-order valence-electron chi connectivity index (χ0n) is 10.1. The molecule has 4 nitrogen and oxygen atoms in total. The molecule has 1 aliphatic heterocycles. The summed E-state index contributed by atoms with van der Waals surface area (Å²) in [6.45, 7) is 1.47. The summed E-state index contributed by atoms with van der Waals surface area (Å²) < 4.78 is 10.6. The van der Waals surface area contributed by atoms with E-state index < -0.39 is 0 Å². The van der Waals surface area contributed by atoms with Crippen molar-refractivity contribution in [1.29, 1.82) is 0 Å². The maximum atomic E-state index is 9.61. The van der Waals surface area contributed by atoms with Gasteiger partial charge in [0.1, 0.15) is 5.75 Å². The average molecular weight is 237 g/mol. The fraction of sp³-hybridized carbons (Fsp3) is 0.538. The molecule has 0 aliphatic carbocycles. The van der Waals surface area contributed by atoms with Gasteiger partial charge in [0.05, 0.1) is 24.9 Å². The fourth-order valence-electron chi connectivity index (χ4n) is 2.12. The van der Waals surface area contributed by atoms with Crippen LogP contribution in [-0.2, 0) is 4.74 Å². The molecule has 0 saturated carbocycles. The van der Waals surface area contributed by atoms with Gasteiger partial charge in [-0.3, -0.25) is 0 Å². The Kier molecular flexibility index (Phi) is 3.86. The number of nitrogens with one attached hydrogen (secondary N) is 1. The molecule has 17 heavy (non-hydrogen) atoms. The van der Waals surface area contributed by atoms with Crippen LogP contribution in [0.2, 0.25) is 0 Å². The van der Waals surface area contributed by atoms with Gasteiger partial charge in [-0.25, -0.2) is 0 Å². The highest BCUT2D eigenvalue weighted by Gasteiger charge is 2.32. The van der Waals surface area contributed by atoms with Crippen LogP contribution >= 0.6 is 0 Å². The SMILES string of the molecule is COc1ccccc1NC1(CO)CCOCC1. The van der Waals surface area contributed by atoms with Gasteiger partial charge in [0.15, 0.2) is 0 Å². The van der Waals surface area contributed by atoms with Crippen LogP contribution in [0, 0.1) is 0 Å². The van der Waals surface area contributed by atoms with E-state index in [-0.39, 0.29) is 12.1 Å². The third kappa shape index (κ3) is 2.70. The van der Waals surface area contributed by atoms with E-state index >= 15 is 0 Å². The number of aliphatic hydroxyl groups is 1. The van der Waals surface area contributed by atoms with Crippen LogP contribution in [0.3, 0.4) is 0 Å². The van der Waals surface area contributed by atoms with Crippen LogP contribution in [0.25, 0.3) is 0 Å². The van der Waals surface area contributed by atoms with Crippen molar-refractivity contribution in [3.05, 3.63) is 24.3 Å². The summed E-state index contributed by atoms with van der Waals surface area (Å²) in [6.07, 6.45) is 1.61. The first-order valence-electron chi connectivity index (χ1n) is 5.89. The molecule has 2 N–H and O–H groups in total. The Morgan fingerprint density at radius 2 is 2.06 bits per heavy atom. The van der Waals surface area contributed by atoms with E-state index in [2.05, 4.69) is 5.32 Å². The number of methoxy groups -OCH3 is 1. The third-order valence-electron chi connectivity index (χ3n) is 3.26. The lowest BCUT2D eigenvalue weighted by Gasteiger charge is -2.37. The summed E-state index contributed by atoms with van der Waals surface area (Å²) in [5.74, 6) is 0.798. The molecule has 1 aromatic rings. The predicted octanol–water partition coefficient (Wildman–Crippen LogP) is 1.65. The van der Waals surface area contributed by atoms with Gasteiger partial charge in [-0.05, 0) is 25.0 Å². The number of hydrogen-bond donors (Lipinski definition) is 2. The summed E-state index contributed by atoms with van der Waals surface area (Å²) in [4.78, 5) is 0. The van der Waals surface area contributed by atoms with E-state index in [1.54, 1.807) is 7.11 Å². The highest BCUT2D eigenvalue weighted by Crippen LogP contribution is 2.30. The zero-order valence-corrected chi connectivity index (χ0v) is 10.1. The largest absolute Gasteiger partial charge is 0.495 e. The van der Waals surface area contributed by atoms with Gasteiger partial charge in [0.25, 0.3) is 0 Å². The topological polar surface area (TPSA) is 50.7 Å². The molecule has 1 heterocycles. The molecular formula is C13H19NO3. The van der Waals surface area contributed by atoms with E-state index in [9.17, 15) is 5.11 Å². The lowest BCUT2D eigenvalue weighted by Crippen LogP contribution is -2.46. The molecule has 0 aromatic heterocycles. The number of hydrogen-bond acceptors (Lipinski definition) is 4. The molecule has 0 spiro atoms. The predicted molar refractivity (Wildman–Crippen MR) is 66.5 cm³/mol. The number of anilines is 1. The Bertz CT molecular complexity index is 361. The van der Waals surface area contributed by atoms with Crippen molar-refractivity contribution in [1.82, 2.24) is 0 Å². The maximum absolute atomic E-state index is 9.61. The first-order chi connectivity index (χ1) is 8.29. The number of para-hydroxylation sites is 2. The molecule has 1 fully saturated rings. The molecule has 0 amide bonds. The van der Waals surface area contributed by atoms with Gasteiger partial charge in [-0.1, -0.05) is 12.1 Å². The van der Waals surface area contributed by atoms with Gasteiger partial charge >= 0.3 is 0 Å². The van der Waals surface area contributed by atoms with Gasteiger partial charge in [-0.15, -0.1) is 0 Å². The highest BCUT2D eigenvalue weighted by atomic mass is 16.5. The van der Waals surface area contributed by atoms with Crippen LogP contribution in [0.15, 0.2) is 24.3 Å². The molecule has 0 bridgehead atoms. The van der Waals surface area contributed by atoms with Crippen LogP contribution in [0.4, 0.5) is 5.69 Å². The van der Waals surface area contributed by atoms with Gasteiger partial charge in [0, 0.05) is 13.2 Å². The van der Waals surface area contributed by atoms with Crippen molar-refractivity contribution in [3.8, 4) is 5.75 Å². The van der Waals surface area contributed by atoms with Gasteiger partial charge in [-0.2, -0.15) is 0 Å². The molecule has 0 atom stereocenters. The van der Waals surface area contributed by atoms with Crippen molar-refractivity contribution in [2.45, 2.75) is 18.4 Å². The highest BCUT2D eigenvalue weighted by molar-refractivity contribution is 5.57. The fourth-order valence-corrected chi connectivity index (χ4v) is 2.12. The molecule has 0 radical (unpaired) electrons. The zero-order chi connectivity index (χ0) is 12.1. The van der Waals surface area contributed by atoms with Crippen LogP contribution < -0.4 is 10.1 Å². The Morgan fingerprint density at radius 3 is 2.71 bits per heavy atom. The van der Waals surface area contributed by atoms with Gasteiger partial charge in [0.2, 0.25) is 0 Å². The number of rotatable bonds is 4. The minimum atomic E-state index is -0.285. The molecule has 1 saturated heterocycles. The van der Waals surface area contributed by atoms with Crippen LogP contribution in [0.1, 0.15) is 12.8 Å². The van der Waals surface area contributed by atoms with Crippen molar-refractivity contribution in [2.24, 2.45) is 0 Å². The third-order valence-corrected chi connectivity index (χ3v) is 3.26. The van der Waals surface area contributed by atoms with E-state index in [1.165, 1.54) is 0 Å². The lowest BCUT2D eigenvalue weighted by molar-refractivity contribution is 0.0379. The second kappa shape index (κ2) is 5.38. The number of benzene rings is 1. The molecule has 2 rings (SSSR count). The van der Waals surface area contributed by atoms with Crippen LogP contribution in [-0.4, -0.2) is 37.6 Å². The summed E-state index contributed by atoms with van der Waals surface area (Å²) >= 11 is 0. The smallest absolute Gasteiger partial charge is 0.141 e. The Morgan fingerprint density at radius 1 is 1.35 bits per heavy atom. The normalized spacial score (nSPS) is 18.7. The second-order valence-corrected chi connectivity index (χ2v) is 4.38. The summed E-state index contributed by atoms with van der Waals surface area (Å²) in [5.41, 5.74) is 0.637. The van der Waals surface area contributed by atoms with E-state index in [0.717, 1.165) is 24.3 Å². The standard InChI is InChI=1S/C13H19NO3/c1-16-12-5-3-2-4-11(12)14-13(10-15)6-8-17-9-7-13/h2-5,14-15H,6-10H2,1H3. The maximum Gasteiger partial charge on any atom is 0.141 e. The monoisotopic (exact) mass is 237 g/mol. The lowest BCUT2D eigenvalue weighted by atomic mass is 9.90. The van der Waals surface area contributed by atoms with Crippen LogP contribution in [0.5, 0.6) is 5.75 Å². The molecule has 0 unspecified atom stereocenters. The summed E-state index contributed by atoms with van der Waals surface area (Å²) in [6, 6.07) is 7.76. The quantitative estimate of drug-likeness (QED) is 0.836. The second-order valence-electron chi connectivity index (χ2n) is 4.38. The van der Waals surface area contributed by atoms with E-state index in [1.807, 2.05) is 24.3 Å². The molecule has 94 valence electrons. The van der Waals surface area contributed by atoms with Crippen molar-refractivity contribution in [3.63, 3.8) is 0 Å². The van der Waals surface area contributed by atoms with Gasteiger partial charge < -0.3 is 19.9 Å². The van der Waals surface area contributed by atoms with E-state index in [0.29, 0.717) is 13.2 Å². The van der Waals surface area contributed by atoms with E-state index in [4.69, 9.17) is 9.47 Å². The molecule has 4 heteroatoms. The van der Waals surface area contributed by atoms with Crippen molar-refractivity contribution >= 4 is 5.69 Å². The first-order valence-corrected chi connectivity index (χ1v) is 5.89. The first kappa shape index (κ1) is 12.2.